The smallest absolute Gasteiger partial charge is 0.257 e. The predicted octanol–water partition coefficient (Wildman–Crippen LogP) is 3.33. The van der Waals surface area contributed by atoms with E-state index < -0.39 is 0 Å². The minimum absolute atomic E-state index is 0.0298. The van der Waals surface area contributed by atoms with E-state index in [1.54, 1.807) is 7.11 Å². The second kappa shape index (κ2) is 8.19. The normalized spacial score (nSPS) is 26.1. The molecular formula is C22H32N2O3. The summed E-state index contributed by atoms with van der Waals surface area (Å²) in [4.78, 5) is 17.6. The Morgan fingerprint density at radius 3 is 2.59 bits per heavy atom. The van der Waals surface area contributed by atoms with Crippen molar-refractivity contribution in [3.63, 3.8) is 0 Å². The molecule has 1 aromatic rings. The van der Waals surface area contributed by atoms with Crippen LogP contribution in [0.5, 0.6) is 5.75 Å². The van der Waals surface area contributed by atoms with E-state index in [1.807, 2.05) is 29.2 Å². The van der Waals surface area contributed by atoms with Crippen molar-refractivity contribution < 1.29 is 14.3 Å². The summed E-state index contributed by atoms with van der Waals surface area (Å²) in [6.07, 6.45) is 8.23. The van der Waals surface area contributed by atoms with Gasteiger partial charge >= 0.3 is 0 Å². The number of hydrogen-bond donors (Lipinski definition) is 0. The van der Waals surface area contributed by atoms with Gasteiger partial charge in [0.05, 0.1) is 18.3 Å². The Labute approximate surface area is 162 Å². The Bertz CT molecular complexity index is 649. The number of benzene rings is 1. The Morgan fingerprint density at radius 2 is 1.85 bits per heavy atom. The molecule has 0 bridgehead atoms. The molecule has 0 N–H and O–H groups in total. The van der Waals surface area contributed by atoms with E-state index in [-0.39, 0.29) is 11.5 Å². The van der Waals surface area contributed by atoms with Crippen LogP contribution in [0, 0.1) is 0 Å². The van der Waals surface area contributed by atoms with Gasteiger partial charge in [0.15, 0.2) is 0 Å². The second-order valence-corrected chi connectivity index (χ2v) is 8.27. The number of rotatable bonds is 3. The molecule has 148 valence electrons. The molecule has 0 aliphatic carbocycles. The first-order valence-electron chi connectivity index (χ1n) is 10.5. The molecule has 3 aliphatic heterocycles. The van der Waals surface area contributed by atoms with Crippen molar-refractivity contribution in [1.82, 2.24) is 9.80 Å². The third kappa shape index (κ3) is 3.99. The Balaban J connectivity index is 1.38. The van der Waals surface area contributed by atoms with Crippen LogP contribution in [0.3, 0.4) is 0 Å². The van der Waals surface area contributed by atoms with Crippen LogP contribution in [-0.4, -0.2) is 67.2 Å². The van der Waals surface area contributed by atoms with Crippen LogP contribution < -0.4 is 4.74 Å². The average molecular weight is 373 g/mol. The molecular weight excluding hydrogens is 340 g/mol. The fourth-order valence-electron chi connectivity index (χ4n) is 5.05. The fraction of sp³-hybridized carbons (Fsp3) is 0.682. The molecule has 1 aromatic carbocycles. The number of nitrogens with zero attached hydrogens (tertiary/aromatic N) is 2. The molecule has 0 radical (unpaired) electrons. The van der Waals surface area contributed by atoms with Crippen LogP contribution in [0.25, 0.3) is 0 Å². The molecule has 4 rings (SSSR count). The van der Waals surface area contributed by atoms with Gasteiger partial charge in [-0.3, -0.25) is 4.79 Å². The molecule has 0 aromatic heterocycles. The van der Waals surface area contributed by atoms with Crippen LogP contribution >= 0.6 is 0 Å². The zero-order chi connectivity index (χ0) is 18.7. The third-order valence-corrected chi connectivity index (χ3v) is 6.67. The summed E-state index contributed by atoms with van der Waals surface area (Å²) in [5.41, 5.74) is 0.629. The molecule has 5 nitrogen and oxygen atoms in total. The SMILES string of the molecule is COc1ccccc1C(=O)N1CCC2(CC1)CC(N1CCCCC1)CCO2. The van der Waals surface area contributed by atoms with E-state index in [9.17, 15) is 4.79 Å². The van der Waals surface area contributed by atoms with Gasteiger partial charge in [0.2, 0.25) is 0 Å². The first kappa shape index (κ1) is 18.8. The minimum atomic E-state index is -0.0298. The molecule has 3 aliphatic rings. The highest BCUT2D eigenvalue weighted by molar-refractivity contribution is 5.97. The number of likely N-dealkylation sites (tertiary alicyclic amines) is 2. The Hall–Kier alpha value is -1.59. The molecule has 3 saturated heterocycles. The van der Waals surface area contributed by atoms with E-state index >= 15 is 0 Å². The summed E-state index contributed by atoms with van der Waals surface area (Å²) in [5, 5.41) is 0. The van der Waals surface area contributed by atoms with Crippen LogP contribution in [0.4, 0.5) is 0 Å². The number of carbonyl (C=O) groups excluding carboxylic acids is 1. The van der Waals surface area contributed by atoms with E-state index in [2.05, 4.69) is 4.90 Å². The van der Waals surface area contributed by atoms with Crippen LogP contribution in [0.1, 0.15) is 55.3 Å². The number of ether oxygens (including phenoxy) is 2. The minimum Gasteiger partial charge on any atom is -0.496 e. The Kier molecular flexibility index (Phi) is 5.69. The van der Waals surface area contributed by atoms with E-state index in [0.717, 1.165) is 45.4 Å². The number of hydrogen-bond acceptors (Lipinski definition) is 4. The number of para-hydroxylation sites is 1. The van der Waals surface area contributed by atoms with E-state index in [4.69, 9.17) is 9.47 Å². The zero-order valence-electron chi connectivity index (χ0n) is 16.5. The van der Waals surface area contributed by atoms with Crippen molar-refractivity contribution in [2.24, 2.45) is 0 Å². The van der Waals surface area contributed by atoms with Gasteiger partial charge < -0.3 is 19.3 Å². The standard InChI is InChI=1S/C22H32N2O3/c1-26-20-8-4-3-7-19(20)21(25)24-14-10-22(11-15-24)17-18(9-16-27-22)23-12-5-2-6-13-23/h3-4,7-8,18H,2,5-6,9-17H2,1H3. The molecule has 1 unspecified atom stereocenters. The largest absolute Gasteiger partial charge is 0.496 e. The molecule has 1 spiro atoms. The number of methoxy groups -OCH3 is 1. The van der Waals surface area contributed by atoms with Crippen molar-refractivity contribution in [1.29, 1.82) is 0 Å². The van der Waals surface area contributed by atoms with Crippen molar-refractivity contribution in [3.8, 4) is 5.75 Å². The average Bonchev–Trinajstić information content (AvgIpc) is 2.74. The summed E-state index contributed by atoms with van der Waals surface area (Å²) >= 11 is 0. The van der Waals surface area contributed by atoms with E-state index in [0.29, 0.717) is 17.4 Å². The third-order valence-electron chi connectivity index (χ3n) is 6.67. The molecule has 5 heteroatoms. The van der Waals surface area contributed by atoms with Crippen molar-refractivity contribution in [2.45, 2.75) is 56.6 Å². The lowest BCUT2D eigenvalue weighted by molar-refractivity contribution is -0.131. The first-order chi connectivity index (χ1) is 13.2. The van der Waals surface area contributed by atoms with Crippen molar-refractivity contribution >= 4 is 5.91 Å². The highest BCUT2D eigenvalue weighted by atomic mass is 16.5. The lowest BCUT2D eigenvalue weighted by Crippen LogP contribution is -2.55. The summed E-state index contributed by atoms with van der Waals surface area (Å²) in [5.74, 6) is 0.729. The van der Waals surface area contributed by atoms with Gasteiger partial charge in [-0.1, -0.05) is 18.6 Å². The summed E-state index contributed by atoms with van der Waals surface area (Å²) < 4.78 is 11.7. The fourth-order valence-corrected chi connectivity index (χ4v) is 5.05. The number of amides is 1. The molecule has 27 heavy (non-hydrogen) atoms. The maximum Gasteiger partial charge on any atom is 0.257 e. The summed E-state index contributed by atoms with van der Waals surface area (Å²) in [6, 6.07) is 8.17. The number of piperidine rings is 2. The first-order valence-corrected chi connectivity index (χ1v) is 10.5. The highest BCUT2D eigenvalue weighted by Gasteiger charge is 2.42. The summed E-state index contributed by atoms with van der Waals surface area (Å²) in [6.45, 7) is 4.90. The van der Waals surface area contributed by atoms with E-state index in [1.165, 1.54) is 32.4 Å². The lowest BCUT2D eigenvalue weighted by Gasteiger charge is -2.49. The van der Waals surface area contributed by atoms with Gasteiger partial charge in [-0.05, 0) is 63.7 Å². The lowest BCUT2D eigenvalue weighted by atomic mass is 9.81. The molecule has 3 heterocycles. The van der Waals surface area contributed by atoms with Crippen molar-refractivity contribution in [2.75, 3.05) is 39.9 Å². The summed E-state index contributed by atoms with van der Waals surface area (Å²) in [7, 11) is 1.62. The van der Waals surface area contributed by atoms with Crippen LogP contribution in [0.15, 0.2) is 24.3 Å². The number of carbonyl (C=O) groups is 1. The van der Waals surface area contributed by atoms with Gasteiger partial charge in [-0.25, -0.2) is 0 Å². The molecule has 3 fully saturated rings. The van der Waals surface area contributed by atoms with Crippen LogP contribution in [0.2, 0.25) is 0 Å². The molecule has 1 amide bonds. The van der Waals surface area contributed by atoms with Gasteiger partial charge in [-0.2, -0.15) is 0 Å². The maximum atomic E-state index is 13.0. The molecule has 1 atom stereocenters. The topological polar surface area (TPSA) is 42.0 Å². The monoisotopic (exact) mass is 372 g/mol. The van der Waals surface area contributed by atoms with Gasteiger partial charge in [0, 0.05) is 25.7 Å². The Morgan fingerprint density at radius 1 is 1.11 bits per heavy atom. The maximum absolute atomic E-state index is 13.0. The van der Waals surface area contributed by atoms with Gasteiger partial charge in [0.1, 0.15) is 5.75 Å². The van der Waals surface area contributed by atoms with Gasteiger partial charge in [-0.15, -0.1) is 0 Å². The predicted molar refractivity (Wildman–Crippen MR) is 105 cm³/mol. The zero-order valence-corrected chi connectivity index (χ0v) is 16.5. The second-order valence-electron chi connectivity index (χ2n) is 8.27. The molecule has 0 saturated carbocycles. The van der Waals surface area contributed by atoms with Crippen molar-refractivity contribution in [3.05, 3.63) is 29.8 Å². The van der Waals surface area contributed by atoms with Gasteiger partial charge in [0.25, 0.3) is 5.91 Å². The van der Waals surface area contributed by atoms with Crippen LogP contribution in [-0.2, 0) is 4.74 Å². The quantitative estimate of drug-likeness (QED) is 0.816. The highest BCUT2D eigenvalue weighted by Crippen LogP contribution is 2.38.